The van der Waals surface area contributed by atoms with Gasteiger partial charge >= 0.3 is 0 Å². The van der Waals surface area contributed by atoms with E-state index < -0.39 is 10.0 Å². The number of halogens is 2. The summed E-state index contributed by atoms with van der Waals surface area (Å²) >= 11 is 12.2. The van der Waals surface area contributed by atoms with E-state index in [-0.39, 0.29) is 17.7 Å². The second-order valence-corrected chi connectivity index (χ2v) is 12.8. The minimum Gasteiger partial charge on any atom is -0.337 e. The number of piperidine rings is 2. The second kappa shape index (κ2) is 12.4. The number of hydrogen-bond donors (Lipinski definition) is 1. The molecule has 2 saturated heterocycles. The van der Waals surface area contributed by atoms with Gasteiger partial charge in [-0.1, -0.05) is 29.3 Å². The van der Waals surface area contributed by atoms with Crippen molar-refractivity contribution in [1.29, 1.82) is 0 Å². The number of sulfonamides is 1. The van der Waals surface area contributed by atoms with Gasteiger partial charge in [0.25, 0.3) is 5.91 Å². The minimum atomic E-state index is -3.17. The molecule has 4 rings (SSSR count). The molecular formula is C26H35Cl2N5O3S. The summed E-state index contributed by atoms with van der Waals surface area (Å²) < 4.78 is 26.5. The molecule has 0 atom stereocenters. The van der Waals surface area contributed by atoms with Gasteiger partial charge < -0.3 is 9.80 Å². The Morgan fingerprint density at radius 3 is 2.38 bits per heavy atom. The van der Waals surface area contributed by atoms with Crippen molar-refractivity contribution in [2.45, 2.75) is 64.5 Å². The smallest absolute Gasteiger partial charge is 0.272 e. The highest BCUT2D eigenvalue weighted by Gasteiger charge is 2.31. The predicted octanol–water partition coefficient (Wildman–Crippen LogP) is 3.89. The van der Waals surface area contributed by atoms with Crippen LogP contribution in [0.3, 0.4) is 0 Å². The zero-order valence-corrected chi connectivity index (χ0v) is 23.7. The van der Waals surface area contributed by atoms with E-state index in [9.17, 15) is 13.2 Å². The molecule has 0 unspecified atom stereocenters. The lowest BCUT2D eigenvalue weighted by Crippen LogP contribution is -2.52. The van der Waals surface area contributed by atoms with E-state index in [4.69, 9.17) is 23.2 Å². The standard InChI is InChI=1S/C26H35Cl2N5O3S/c1-3-37(35,36)31-20-8-12-32(13-9-20)21-10-14-33(15-11-21)26(34)25-18(2)24(29-17-30-25)7-5-19-4-6-22(27)23(28)16-19/h4,6,16-17,20-21,31H,3,5,7-15H2,1-2H3. The van der Waals surface area contributed by atoms with Crippen molar-refractivity contribution in [2.24, 2.45) is 0 Å². The normalized spacial score (nSPS) is 18.3. The van der Waals surface area contributed by atoms with Crippen LogP contribution in [0.25, 0.3) is 0 Å². The summed E-state index contributed by atoms with van der Waals surface area (Å²) in [5, 5.41) is 1.06. The number of carbonyl (C=O) groups is 1. The number of rotatable bonds is 8. The lowest BCUT2D eigenvalue weighted by atomic mass is 9.97. The first-order chi connectivity index (χ1) is 17.7. The number of carbonyl (C=O) groups excluding carboxylic acids is 1. The molecule has 0 bridgehead atoms. The van der Waals surface area contributed by atoms with Gasteiger partial charge in [-0.15, -0.1) is 0 Å². The van der Waals surface area contributed by atoms with E-state index in [2.05, 4.69) is 19.6 Å². The fraction of sp³-hybridized carbons (Fsp3) is 0.577. The van der Waals surface area contributed by atoms with E-state index in [1.165, 1.54) is 6.33 Å². The van der Waals surface area contributed by atoms with E-state index in [1.54, 1.807) is 13.0 Å². The average Bonchev–Trinajstić information content (AvgIpc) is 2.90. The number of benzene rings is 1. The van der Waals surface area contributed by atoms with Gasteiger partial charge in [-0.2, -0.15) is 0 Å². The third-order valence-corrected chi connectivity index (χ3v) is 9.74. The maximum atomic E-state index is 13.3. The number of amides is 1. The summed E-state index contributed by atoms with van der Waals surface area (Å²) in [6.45, 7) is 6.71. The number of aromatic nitrogens is 2. The Kier molecular flexibility index (Phi) is 9.45. The molecule has 2 aliphatic rings. The first-order valence-electron chi connectivity index (χ1n) is 12.9. The maximum Gasteiger partial charge on any atom is 0.272 e. The third-order valence-electron chi connectivity index (χ3n) is 7.55. The van der Waals surface area contributed by atoms with E-state index in [0.717, 1.165) is 62.0 Å². The van der Waals surface area contributed by atoms with Crippen molar-refractivity contribution in [2.75, 3.05) is 31.9 Å². The van der Waals surface area contributed by atoms with Gasteiger partial charge in [0.05, 0.1) is 15.8 Å². The largest absolute Gasteiger partial charge is 0.337 e. The molecule has 1 N–H and O–H groups in total. The summed E-state index contributed by atoms with van der Waals surface area (Å²) in [6, 6.07) is 6.05. The highest BCUT2D eigenvalue weighted by atomic mass is 35.5. The summed E-state index contributed by atoms with van der Waals surface area (Å²) in [7, 11) is -3.17. The Morgan fingerprint density at radius 1 is 1.03 bits per heavy atom. The van der Waals surface area contributed by atoms with Crippen molar-refractivity contribution in [3.63, 3.8) is 0 Å². The van der Waals surface area contributed by atoms with Crippen LogP contribution in [0.4, 0.5) is 0 Å². The number of aryl methyl sites for hydroxylation is 2. The highest BCUT2D eigenvalue weighted by molar-refractivity contribution is 7.89. The molecule has 0 spiro atoms. The predicted molar refractivity (Wildman–Crippen MR) is 147 cm³/mol. The average molecular weight is 569 g/mol. The van der Waals surface area contributed by atoms with E-state index >= 15 is 0 Å². The monoisotopic (exact) mass is 567 g/mol. The van der Waals surface area contributed by atoms with Crippen LogP contribution in [0.1, 0.15) is 59.9 Å². The first kappa shape index (κ1) is 28.2. The Morgan fingerprint density at radius 2 is 1.73 bits per heavy atom. The summed E-state index contributed by atoms with van der Waals surface area (Å²) in [5.74, 6) is 0.0753. The van der Waals surface area contributed by atoms with Gasteiger partial charge in [-0.25, -0.2) is 23.1 Å². The zero-order valence-electron chi connectivity index (χ0n) is 21.4. The summed E-state index contributed by atoms with van der Waals surface area (Å²) in [5.41, 5.74) is 3.22. The maximum absolute atomic E-state index is 13.3. The Hall–Kier alpha value is -1.78. The Labute approximate surface area is 229 Å². The lowest BCUT2D eigenvalue weighted by Gasteiger charge is -2.41. The molecule has 11 heteroatoms. The molecule has 8 nitrogen and oxygen atoms in total. The van der Waals surface area contributed by atoms with Crippen molar-refractivity contribution in [3.8, 4) is 0 Å². The number of hydrogen-bond acceptors (Lipinski definition) is 6. The molecule has 2 fully saturated rings. The SMILES string of the molecule is CCS(=O)(=O)NC1CCN(C2CCN(C(=O)c3ncnc(CCc4ccc(Cl)c(Cl)c4)c3C)CC2)CC1. The van der Waals surface area contributed by atoms with Crippen LogP contribution in [-0.2, 0) is 22.9 Å². The fourth-order valence-electron chi connectivity index (χ4n) is 5.22. The molecular weight excluding hydrogens is 533 g/mol. The number of nitrogens with zero attached hydrogens (tertiary/aromatic N) is 4. The Balaban J connectivity index is 1.29. The van der Waals surface area contributed by atoms with Crippen molar-refractivity contribution in [1.82, 2.24) is 24.5 Å². The quantitative estimate of drug-likeness (QED) is 0.520. The molecule has 1 aromatic carbocycles. The van der Waals surface area contributed by atoms with Crippen LogP contribution in [-0.4, -0.2) is 78.1 Å². The third kappa shape index (κ3) is 7.20. The molecule has 2 aliphatic heterocycles. The molecule has 1 aromatic heterocycles. The van der Waals surface area contributed by atoms with Gasteiger partial charge in [-0.05, 0) is 83.2 Å². The van der Waals surface area contributed by atoms with Crippen LogP contribution >= 0.6 is 23.2 Å². The second-order valence-electron chi connectivity index (χ2n) is 9.90. The molecule has 0 radical (unpaired) electrons. The van der Waals surface area contributed by atoms with Crippen LogP contribution in [0.15, 0.2) is 24.5 Å². The number of likely N-dealkylation sites (tertiary alicyclic amines) is 2. The molecule has 37 heavy (non-hydrogen) atoms. The van der Waals surface area contributed by atoms with Gasteiger partial charge in [-0.3, -0.25) is 4.79 Å². The topological polar surface area (TPSA) is 95.5 Å². The van der Waals surface area contributed by atoms with Crippen LogP contribution in [0.5, 0.6) is 0 Å². The van der Waals surface area contributed by atoms with Crippen LogP contribution in [0.2, 0.25) is 10.0 Å². The van der Waals surface area contributed by atoms with Crippen molar-refractivity contribution in [3.05, 3.63) is 57.1 Å². The molecule has 202 valence electrons. The van der Waals surface area contributed by atoms with Crippen LogP contribution < -0.4 is 4.72 Å². The lowest BCUT2D eigenvalue weighted by molar-refractivity contribution is 0.0570. The van der Waals surface area contributed by atoms with Crippen molar-refractivity contribution < 1.29 is 13.2 Å². The zero-order chi connectivity index (χ0) is 26.6. The van der Waals surface area contributed by atoms with Gasteiger partial charge in [0.2, 0.25) is 10.0 Å². The molecule has 3 heterocycles. The van der Waals surface area contributed by atoms with Gasteiger partial charge in [0, 0.05) is 36.4 Å². The number of nitrogens with one attached hydrogen (secondary N) is 1. The van der Waals surface area contributed by atoms with Gasteiger partial charge in [0.1, 0.15) is 12.0 Å². The minimum absolute atomic E-state index is 0.0227. The molecule has 1 amide bonds. The summed E-state index contributed by atoms with van der Waals surface area (Å²) in [6.07, 6.45) is 6.36. The first-order valence-corrected chi connectivity index (χ1v) is 15.4. The summed E-state index contributed by atoms with van der Waals surface area (Å²) in [4.78, 5) is 26.5. The Bertz CT molecular complexity index is 1210. The molecule has 2 aromatic rings. The van der Waals surface area contributed by atoms with Crippen molar-refractivity contribution >= 4 is 39.1 Å². The fourth-order valence-corrected chi connectivity index (χ4v) is 6.45. The molecule has 0 aliphatic carbocycles. The molecule has 0 saturated carbocycles. The van der Waals surface area contributed by atoms with E-state index in [1.807, 2.05) is 24.0 Å². The van der Waals surface area contributed by atoms with E-state index in [0.29, 0.717) is 41.3 Å². The van der Waals surface area contributed by atoms with Crippen LogP contribution in [0, 0.1) is 6.92 Å². The highest BCUT2D eigenvalue weighted by Crippen LogP contribution is 2.25. The van der Waals surface area contributed by atoms with Gasteiger partial charge in [0.15, 0.2) is 0 Å².